The highest BCUT2D eigenvalue weighted by Crippen LogP contribution is 2.26. The zero-order chi connectivity index (χ0) is 25.6. The van der Waals surface area contributed by atoms with E-state index in [4.69, 9.17) is 16.3 Å². The van der Waals surface area contributed by atoms with E-state index in [1.54, 1.807) is 24.3 Å². The lowest BCUT2D eigenvalue weighted by atomic mass is 10.2. The molecular weight excluding hydrogens is 496 g/mol. The molecule has 1 amide bonds. The van der Waals surface area contributed by atoms with Crippen LogP contribution in [-0.4, -0.2) is 39.1 Å². The molecule has 0 heterocycles. The van der Waals surface area contributed by atoms with E-state index in [0.717, 1.165) is 16.1 Å². The second-order valence-electron chi connectivity index (χ2n) is 7.28. The molecule has 12 heteroatoms. The lowest BCUT2D eigenvalue weighted by Crippen LogP contribution is -2.39. The van der Waals surface area contributed by atoms with E-state index in [2.05, 4.69) is 10.5 Å². The van der Waals surface area contributed by atoms with Crippen LogP contribution in [0.1, 0.15) is 11.1 Å². The smallest absolute Gasteiger partial charge is 0.270 e. The van der Waals surface area contributed by atoms with Gasteiger partial charge in [-0.15, -0.1) is 0 Å². The van der Waals surface area contributed by atoms with Crippen LogP contribution in [0.2, 0.25) is 5.02 Å². The van der Waals surface area contributed by atoms with Gasteiger partial charge < -0.3 is 4.74 Å². The molecule has 3 aromatic carbocycles. The molecule has 0 unspecified atom stereocenters. The number of methoxy groups -OCH3 is 1. The van der Waals surface area contributed by atoms with Gasteiger partial charge in [0.1, 0.15) is 12.3 Å². The Bertz CT molecular complexity index is 1360. The molecule has 3 aromatic rings. The lowest BCUT2D eigenvalue weighted by Gasteiger charge is -2.24. The van der Waals surface area contributed by atoms with Gasteiger partial charge in [0.25, 0.3) is 21.6 Å². The van der Waals surface area contributed by atoms with Gasteiger partial charge in [-0.25, -0.2) is 13.8 Å². The van der Waals surface area contributed by atoms with Crippen LogP contribution < -0.4 is 14.5 Å². The van der Waals surface area contributed by atoms with E-state index in [9.17, 15) is 23.3 Å². The van der Waals surface area contributed by atoms with Crippen molar-refractivity contribution in [2.24, 2.45) is 5.10 Å². The predicted octanol–water partition coefficient (Wildman–Crippen LogP) is 3.91. The van der Waals surface area contributed by atoms with Gasteiger partial charge in [0.05, 0.1) is 28.8 Å². The Morgan fingerprint density at radius 1 is 1.14 bits per heavy atom. The number of benzene rings is 3. The summed E-state index contributed by atoms with van der Waals surface area (Å²) in [6.07, 6.45) is 1.14. The van der Waals surface area contributed by atoms with Crippen molar-refractivity contribution in [3.63, 3.8) is 0 Å². The van der Waals surface area contributed by atoms with E-state index in [-0.39, 0.29) is 26.9 Å². The van der Waals surface area contributed by atoms with E-state index >= 15 is 0 Å². The number of halogens is 1. The van der Waals surface area contributed by atoms with Crippen molar-refractivity contribution in [3.8, 4) is 5.75 Å². The number of nitrogens with zero attached hydrogens (tertiary/aromatic N) is 3. The molecule has 3 rings (SSSR count). The minimum absolute atomic E-state index is 0.0126. The number of carbonyl (C=O) groups is 1. The van der Waals surface area contributed by atoms with Crippen molar-refractivity contribution in [1.29, 1.82) is 0 Å². The largest absolute Gasteiger partial charge is 0.497 e. The van der Waals surface area contributed by atoms with Crippen molar-refractivity contribution in [3.05, 3.63) is 93.0 Å². The number of amides is 1. The number of anilines is 1. The fourth-order valence-electron chi connectivity index (χ4n) is 2.98. The third-order valence-corrected chi connectivity index (χ3v) is 6.97. The highest BCUT2D eigenvalue weighted by Gasteiger charge is 2.27. The van der Waals surface area contributed by atoms with Gasteiger partial charge in [-0.2, -0.15) is 5.10 Å². The van der Waals surface area contributed by atoms with Gasteiger partial charge in [0, 0.05) is 22.7 Å². The van der Waals surface area contributed by atoms with Gasteiger partial charge >= 0.3 is 0 Å². The van der Waals surface area contributed by atoms with Crippen LogP contribution in [0.25, 0.3) is 0 Å². The Kier molecular flexibility index (Phi) is 8.05. The van der Waals surface area contributed by atoms with Crippen molar-refractivity contribution in [2.45, 2.75) is 11.8 Å². The second kappa shape index (κ2) is 11.0. The van der Waals surface area contributed by atoms with Gasteiger partial charge in [-0.1, -0.05) is 29.3 Å². The number of rotatable bonds is 9. The first-order chi connectivity index (χ1) is 16.6. The first-order valence-electron chi connectivity index (χ1n) is 10.1. The average Bonchev–Trinajstić information content (AvgIpc) is 2.84. The summed E-state index contributed by atoms with van der Waals surface area (Å²) in [7, 11) is -2.62. The summed E-state index contributed by atoms with van der Waals surface area (Å²) in [5, 5.41) is 14.9. The summed E-state index contributed by atoms with van der Waals surface area (Å²) >= 11 is 6.02. The maximum absolute atomic E-state index is 13.4. The number of nitro benzene ring substituents is 1. The van der Waals surface area contributed by atoms with E-state index in [1.165, 1.54) is 49.6 Å². The third-order valence-electron chi connectivity index (χ3n) is 4.84. The lowest BCUT2D eigenvalue weighted by molar-refractivity contribution is -0.384. The normalized spacial score (nSPS) is 11.3. The standard InChI is InChI=1S/C23H21ClN4O6S/c1-16-3-10-21(11-4-16)35(32,33)27(18-5-8-20(34-2)9-6-18)15-23(29)26-25-14-17-13-19(28(30)31)7-12-22(17)24/h3-14H,15H2,1-2H3,(H,26,29)/b25-14-. The van der Waals surface area contributed by atoms with Crippen LogP contribution in [0.4, 0.5) is 11.4 Å². The van der Waals surface area contributed by atoms with Crippen molar-refractivity contribution < 1.29 is 22.9 Å². The number of nitrogens with one attached hydrogen (secondary N) is 1. The number of sulfonamides is 1. The molecule has 0 saturated carbocycles. The summed E-state index contributed by atoms with van der Waals surface area (Å²) in [6, 6.07) is 16.2. The molecule has 182 valence electrons. The Balaban J connectivity index is 1.85. The highest BCUT2D eigenvalue weighted by molar-refractivity contribution is 7.92. The van der Waals surface area contributed by atoms with Crippen LogP contribution >= 0.6 is 11.6 Å². The summed E-state index contributed by atoms with van der Waals surface area (Å²) in [6.45, 7) is 1.25. The molecule has 0 bridgehead atoms. The fourth-order valence-corrected chi connectivity index (χ4v) is 4.57. The molecule has 1 N–H and O–H groups in total. The summed E-state index contributed by atoms with van der Waals surface area (Å²) < 4.78 is 32.8. The van der Waals surface area contributed by atoms with Crippen LogP contribution in [0.3, 0.4) is 0 Å². The predicted molar refractivity (Wildman–Crippen MR) is 133 cm³/mol. The number of ether oxygens (including phenoxy) is 1. The Labute approximate surface area is 207 Å². The number of non-ortho nitro benzene ring substituents is 1. The molecule has 0 aliphatic heterocycles. The first kappa shape index (κ1) is 25.7. The minimum atomic E-state index is -4.10. The topological polar surface area (TPSA) is 131 Å². The molecule has 35 heavy (non-hydrogen) atoms. The maximum atomic E-state index is 13.4. The van der Waals surface area contributed by atoms with Crippen LogP contribution in [0.15, 0.2) is 76.7 Å². The molecule has 0 atom stereocenters. The minimum Gasteiger partial charge on any atom is -0.497 e. The molecule has 0 spiro atoms. The summed E-state index contributed by atoms with van der Waals surface area (Å²) in [5.74, 6) is -0.223. The summed E-state index contributed by atoms with van der Waals surface area (Å²) in [4.78, 5) is 23.0. The van der Waals surface area contributed by atoms with Crippen molar-refractivity contribution in [2.75, 3.05) is 18.0 Å². The van der Waals surface area contributed by atoms with E-state index in [0.29, 0.717) is 5.75 Å². The summed E-state index contributed by atoms with van der Waals surface area (Å²) in [5.41, 5.74) is 3.37. The average molecular weight is 517 g/mol. The number of nitro groups is 1. The maximum Gasteiger partial charge on any atom is 0.270 e. The monoisotopic (exact) mass is 516 g/mol. The van der Waals surface area contributed by atoms with E-state index < -0.39 is 27.4 Å². The van der Waals surface area contributed by atoms with Crippen LogP contribution in [-0.2, 0) is 14.8 Å². The SMILES string of the molecule is COc1ccc(N(CC(=O)N/N=C\c2cc([N+](=O)[O-])ccc2Cl)S(=O)(=O)c2ccc(C)cc2)cc1. The molecular formula is C23H21ClN4O6S. The van der Waals surface area contributed by atoms with Gasteiger partial charge in [-0.05, 0) is 49.4 Å². The molecule has 0 aliphatic rings. The molecule has 0 radical (unpaired) electrons. The number of hydrogen-bond donors (Lipinski definition) is 1. The number of carbonyl (C=O) groups excluding carboxylic acids is 1. The first-order valence-corrected chi connectivity index (χ1v) is 11.9. The Morgan fingerprint density at radius 2 is 1.80 bits per heavy atom. The molecule has 0 aliphatic carbocycles. The van der Waals surface area contributed by atoms with Crippen molar-refractivity contribution in [1.82, 2.24) is 5.43 Å². The van der Waals surface area contributed by atoms with Crippen LogP contribution in [0, 0.1) is 17.0 Å². The molecule has 10 nitrogen and oxygen atoms in total. The zero-order valence-electron chi connectivity index (χ0n) is 18.7. The van der Waals surface area contributed by atoms with Crippen molar-refractivity contribution >= 4 is 45.1 Å². The van der Waals surface area contributed by atoms with Crippen LogP contribution in [0.5, 0.6) is 5.75 Å². The van der Waals surface area contributed by atoms with E-state index in [1.807, 2.05) is 6.92 Å². The molecule has 0 fully saturated rings. The number of hydrogen-bond acceptors (Lipinski definition) is 7. The molecule has 0 aromatic heterocycles. The fraction of sp³-hybridized carbons (Fsp3) is 0.130. The highest BCUT2D eigenvalue weighted by atomic mass is 35.5. The number of aryl methyl sites for hydroxylation is 1. The quantitative estimate of drug-likeness (QED) is 0.260. The second-order valence-corrected chi connectivity index (χ2v) is 9.55. The zero-order valence-corrected chi connectivity index (χ0v) is 20.3. The number of hydrazone groups is 1. The van der Waals surface area contributed by atoms with Gasteiger partial charge in [-0.3, -0.25) is 19.2 Å². The Morgan fingerprint density at radius 3 is 2.40 bits per heavy atom. The van der Waals surface area contributed by atoms with Gasteiger partial charge in [0.2, 0.25) is 0 Å². The Hall–Kier alpha value is -3.96. The molecule has 0 saturated heterocycles. The van der Waals surface area contributed by atoms with Gasteiger partial charge in [0.15, 0.2) is 0 Å². The third kappa shape index (κ3) is 6.34.